The van der Waals surface area contributed by atoms with Crippen molar-refractivity contribution in [2.45, 2.75) is 19.8 Å². The molecule has 3 nitrogen and oxygen atoms in total. The number of aryl methyl sites for hydroxylation is 3. The van der Waals surface area contributed by atoms with Gasteiger partial charge in [-0.1, -0.05) is 65.3 Å². The molecule has 0 fully saturated rings. The first-order chi connectivity index (χ1) is 10.2. The second-order valence-corrected chi connectivity index (χ2v) is 5.22. The van der Waals surface area contributed by atoms with Gasteiger partial charge in [0.05, 0.1) is 5.56 Å². The normalized spacial score (nSPS) is 10.7. The number of hydrogen-bond acceptors (Lipinski definition) is 3. The van der Waals surface area contributed by atoms with Crippen LogP contribution in [0.25, 0.3) is 11.1 Å². The van der Waals surface area contributed by atoms with E-state index in [-0.39, 0.29) is 0 Å². The Labute approximate surface area is 124 Å². The molecule has 2 aromatic carbocycles. The zero-order valence-electron chi connectivity index (χ0n) is 12.0. The summed E-state index contributed by atoms with van der Waals surface area (Å²) in [5.74, 6) is 1.30. The van der Waals surface area contributed by atoms with Gasteiger partial charge in [0.1, 0.15) is 5.76 Å². The van der Waals surface area contributed by atoms with Gasteiger partial charge in [-0.25, -0.2) is 0 Å². The maximum absolute atomic E-state index is 5.96. The first kappa shape index (κ1) is 13.4. The summed E-state index contributed by atoms with van der Waals surface area (Å²) in [5.41, 5.74) is 10.5. The zero-order valence-corrected chi connectivity index (χ0v) is 12.0. The second-order valence-electron chi connectivity index (χ2n) is 5.22. The zero-order chi connectivity index (χ0) is 14.7. The second kappa shape index (κ2) is 5.83. The van der Waals surface area contributed by atoms with Crippen LogP contribution >= 0.6 is 0 Å². The summed E-state index contributed by atoms with van der Waals surface area (Å²) in [5, 5.41) is 3.92. The van der Waals surface area contributed by atoms with Gasteiger partial charge >= 0.3 is 0 Å². The van der Waals surface area contributed by atoms with Gasteiger partial charge < -0.3 is 10.3 Å². The van der Waals surface area contributed by atoms with Crippen LogP contribution in [0.2, 0.25) is 0 Å². The van der Waals surface area contributed by atoms with Crippen molar-refractivity contribution in [3.05, 3.63) is 71.5 Å². The van der Waals surface area contributed by atoms with E-state index in [0.29, 0.717) is 5.82 Å². The van der Waals surface area contributed by atoms with Crippen molar-refractivity contribution in [1.82, 2.24) is 5.16 Å². The maximum Gasteiger partial charge on any atom is 0.175 e. The molecule has 3 aromatic rings. The first-order valence-electron chi connectivity index (χ1n) is 7.09. The van der Waals surface area contributed by atoms with Crippen molar-refractivity contribution in [3.63, 3.8) is 0 Å². The van der Waals surface area contributed by atoms with E-state index in [1.54, 1.807) is 0 Å². The summed E-state index contributed by atoms with van der Waals surface area (Å²) in [6.07, 6.45) is 1.70. The minimum Gasteiger partial charge on any atom is -0.380 e. The van der Waals surface area contributed by atoms with Crippen molar-refractivity contribution in [3.8, 4) is 11.1 Å². The van der Waals surface area contributed by atoms with Crippen LogP contribution in [-0.4, -0.2) is 5.16 Å². The fourth-order valence-electron chi connectivity index (χ4n) is 2.44. The van der Waals surface area contributed by atoms with Gasteiger partial charge in [0.25, 0.3) is 0 Å². The van der Waals surface area contributed by atoms with E-state index in [0.717, 1.165) is 29.7 Å². The predicted molar refractivity (Wildman–Crippen MR) is 84.9 cm³/mol. The molecule has 0 spiro atoms. The number of benzene rings is 2. The number of nitrogens with zero attached hydrogens (tertiary/aromatic N) is 1. The summed E-state index contributed by atoms with van der Waals surface area (Å²) in [6, 6.07) is 18.6. The molecule has 1 aromatic heterocycles. The average Bonchev–Trinajstić information content (AvgIpc) is 2.88. The highest BCUT2D eigenvalue weighted by molar-refractivity contribution is 5.75. The van der Waals surface area contributed by atoms with E-state index in [2.05, 4.69) is 36.3 Å². The van der Waals surface area contributed by atoms with Crippen LogP contribution in [0.1, 0.15) is 16.9 Å². The number of nitrogen functional groups attached to an aromatic ring is 1. The van der Waals surface area contributed by atoms with Crippen molar-refractivity contribution in [2.75, 3.05) is 5.73 Å². The molecule has 3 rings (SSSR count). The molecule has 0 aliphatic rings. The van der Waals surface area contributed by atoms with Gasteiger partial charge in [-0.05, 0) is 24.5 Å². The smallest absolute Gasteiger partial charge is 0.175 e. The van der Waals surface area contributed by atoms with E-state index < -0.39 is 0 Å². The van der Waals surface area contributed by atoms with Crippen LogP contribution < -0.4 is 5.73 Å². The topological polar surface area (TPSA) is 52.0 Å². The Morgan fingerprint density at radius 1 is 0.952 bits per heavy atom. The molecule has 2 N–H and O–H groups in total. The lowest BCUT2D eigenvalue weighted by molar-refractivity contribution is 0.386. The molecule has 3 heteroatoms. The predicted octanol–water partition coefficient (Wildman–Crippen LogP) is 4.02. The van der Waals surface area contributed by atoms with E-state index in [1.807, 2.05) is 30.3 Å². The van der Waals surface area contributed by atoms with Gasteiger partial charge in [0.15, 0.2) is 5.82 Å². The highest BCUT2D eigenvalue weighted by Crippen LogP contribution is 2.30. The molecule has 0 amide bonds. The van der Waals surface area contributed by atoms with Crippen molar-refractivity contribution >= 4 is 5.82 Å². The van der Waals surface area contributed by atoms with Crippen molar-refractivity contribution in [1.29, 1.82) is 0 Å². The third kappa shape index (κ3) is 2.97. The number of nitrogens with two attached hydrogens (primary N) is 1. The monoisotopic (exact) mass is 278 g/mol. The molecule has 106 valence electrons. The lowest BCUT2D eigenvalue weighted by Gasteiger charge is -2.03. The van der Waals surface area contributed by atoms with Gasteiger partial charge in [0.2, 0.25) is 0 Å². The van der Waals surface area contributed by atoms with Crippen LogP contribution in [0.15, 0.2) is 59.1 Å². The fraction of sp³-hybridized carbons (Fsp3) is 0.167. The minimum atomic E-state index is 0.458. The Hall–Kier alpha value is -2.55. The van der Waals surface area contributed by atoms with Crippen molar-refractivity contribution < 1.29 is 4.52 Å². The number of hydrogen-bond donors (Lipinski definition) is 1. The largest absolute Gasteiger partial charge is 0.380 e. The molecule has 0 saturated carbocycles. The van der Waals surface area contributed by atoms with E-state index in [4.69, 9.17) is 10.3 Å². The lowest BCUT2D eigenvalue weighted by atomic mass is 10.0. The summed E-state index contributed by atoms with van der Waals surface area (Å²) in [7, 11) is 0. The van der Waals surface area contributed by atoms with E-state index >= 15 is 0 Å². The summed E-state index contributed by atoms with van der Waals surface area (Å²) >= 11 is 0. The SMILES string of the molecule is Cc1ccc(CCc2onc(N)c2-c2ccccc2)cc1. The van der Waals surface area contributed by atoms with Gasteiger partial charge in [-0.3, -0.25) is 0 Å². The molecular weight excluding hydrogens is 260 g/mol. The average molecular weight is 278 g/mol. The number of rotatable bonds is 4. The molecule has 1 heterocycles. The molecule has 0 aliphatic heterocycles. The minimum absolute atomic E-state index is 0.458. The molecule has 0 saturated heterocycles. The van der Waals surface area contributed by atoms with E-state index in [1.165, 1.54) is 11.1 Å². The summed E-state index contributed by atoms with van der Waals surface area (Å²) in [4.78, 5) is 0. The number of anilines is 1. The molecule has 21 heavy (non-hydrogen) atoms. The fourth-order valence-corrected chi connectivity index (χ4v) is 2.44. The molecular formula is C18H18N2O. The third-order valence-electron chi connectivity index (χ3n) is 3.61. The third-order valence-corrected chi connectivity index (χ3v) is 3.61. The number of aromatic nitrogens is 1. The Kier molecular flexibility index (Phi) is 3.73. The van der Waals surface area contributed by atoms with Gasteiger partial charge in [-0.2, -0.15) is 0 Å². The summed E-state index contributed by atoms with van der Waals surface area (Å²) < 4.78 is 5.42. The first-order valence-corrected chi connectivity index (χ1v) is 7.09. The van der Waals surface area contributed by atoms with Gasteiger partial charge in [0, 0.05) is 6.42 Å². The molecule has 0 aliphatic carbocycles. The van der Waals surface area contributed by atoms with Crippen LogP contribution in [0.3, 0.4) is 0 Å². The quantitative estimate of drug-likeness (QED) is 0.784. The van der Waals surface area contributed by atoms with Crippen LogP contribution in [0.5, 0.6) is 0 Å². The molecule has 0 atom stereocenters. The standard InChI is InChI=1S/C18H18N2O/c1-13-7-9-14(10-8-13)11-12-16-17(18(19)20-21-16)15-5-3-2-4-6-15/h2-10H,11-12H2,1H3,(H2,19,20). The maximum atomic E-state index is 5.96. The highest BCUT2D eigenvalue weighted by atomic mass is 16.5. The highest BCUT2D eigenvalue weighted by Gasteiger charge is 2.15. The molecule has 0 bridgehead atoms. The molecule has 0 radical (unpaired) electrons. The Bertz CT molecular complexity index is 715. The van der Waals surface area contributed by atoms with Gasteiger partial charge in [-0.15, -0.1) is 0 Å². The Morgan fingerprint density at radius 2 is 1.67 bits per heavy atom. The Balaban J connectivity index is 1.82. The van der Waals surface area contributed by atoms with Crippen LogP contribution in [0, 0.1) is 6.92 Å². The van der Waals surface area contributed by atoms with E-state index in [9.17, 15) is 0 Å². The van der Waals surface area contributed by atoms with Crippen molar-refractivity contribution in [2.24, 2.45) is 0 Å². The summed E-state index contributed by atoms with van der Waals surface area (Å²) in [6.45, 7) is 2.09. The van der Waals surface area contributed by atoms with Crippen LogP contribution in [0.4, 0.5) is 5.82 Å². The Morgan fingerprint density at radius 3 is 2.38 bits per heavy atom. The molecule has 0 unspecified atom stereocenters. The lowest BCUT2D eigenvalue weighted by Crippen LogP contribution is -1.94. The van der Waals surface area contributed by atoms with Crippen LogP contribution in [-0.2, 0) is 12.8 Å².